The number of Topliss-reactive ketones (excluding diaryl/α,β-unsaturated/α-hetero) is 2. The first-order chi connectivity index (χ1) is 25.2. The molecule has 8 heteroatoms. The van der Waals surface area contributed by atoms with Gasteiger partial charge in [-0.3, -0.25) is 9.59 Å². The fraction of sp³-hybridized carbons (Fsp3) is 0.435. The van der Waals surface area contributed by atoms with Gasteiger partial charge in [0, 0.05) is 22.3 Å². The maximum atomic E-state index is 13.5. The van der Waals surface area contributed by atoms with E-state index in [-0.39, 0.29) is 33.2 Å². The predicted molar refractivity (Wildman–Crippen MR) is 226 cm³/mol. The first-order valence-corrected chi connectivity index (χ1v) is 19.8. The second-order valence-electron chi connectivity index (χ2n) is 16.9. The smallest absolute Gasteiger partial charge is 0.186 e. The van der Waals surface area contributed by atoms with Gasteiger partial charge in [-0.25, -0.2) is 0 Å². The number of hydrogen-bond acceptors (Lipinski definition) is 6. The van der Waals surface area contributed by atoms with E-state index in [1.165, 1.54) is 0 Å². The van der Waals surface area contributed by atoms with Gasteiger partial charge < -0.3 is 0 Å². The summed E-state index contributed by atoms with van der Waals surface area (Å²) in [7, 11) is 0. The minimum absolute atomic E-state index is 0.109. The zero-order chi connectivity index (χ0) is 40.2. The maximum absolute atomic E-state index is 13.5. The van der Waals surface area contributed by atoms with Gasteiger partial charge >= 0.3 is 0 Å². The summed E-state index contributed by atoms with van der Waals surface area (Å²) in [4.78, 5) is 27.1. The van der Waals surface area contributed by atoms with Crippen molar-refractivity contribution in [1.82, 2.24) is 0 Å². The van der Waals surface area contributed by atoms with Crippen molar-refractivity contribution in [2.24, 2.45) is 42.1 Å². The summed E-state index contributed by atoms with van der Waals surface area (Å²) in [5.41, 5.74) is 6.53. The van der Waals surface area contributed by atoms with Crippen LogP contribution >= 0.6 is 23.2 Å². The highest BCUT2D eigenvalue weighted by molar-refractivity contribution is 6.34. The lowest BCUT2D eigenvalue weighted by molar-refractivity contribution is -0.115. The number of allylic oxidation sites excluding steroid dienone is 10. The molecule has 286 valence electrons. The van der Waals surface area contributed by atoms with Crippen molar-refractivity contribution in [3.63, 3.8) is 0 Å². The molecule has 2 aromatic carbocycles. The quantitative estimate of drug-likeness (QED) is 0.190. The highest BCUT2D eigenvalue weighted by Crippen LogP contribution is 2.44. The molecule has 2 aliphatic carbocycles. The Balaban J connectivity index is 1.57. The van der Waals surface area contributed by atoms with Gasteiger partial charge in [-0.05, 0) is 118 Å². The Bertz CT molecular complexity index is 1840. The average molecular weight is 768 g/mol. The van der Waals surface area contributed by atoms with E-state index in [9.17, 15) is 9.59 Å². The zero-order valence-corrected chi connectivity index (χ0v) is 35.6. The second kappa shape index (κ2) is 16.8. The first-order valence-electron chi connectivity index (χ1n) is 19.0. The molecule has 0 bridgehead atoms. The SMILES string of the molecule is CCC(C)(C)C1=CC(=CN=Nc2ccc(-c3ccc(N=NC=C4C=C(C(C)(C)CC)C(=O)C(C(C)(C)CC)=C4)c(Cl)c3)cc2Cl)C=C(C(C)(C)CC)C1=O. The Kier molecular flexibility index (Phi) is 13.3. The van der Waals surface area contributed by atoms with Crippen LogP contribution in [-0.4, -0.2) is 11.6 Å². The molecule has 0 unspecified atom stereocenters. The number of nitrogens with zero attached hydrogens (tertiary/aromatic N) is 4. The van der Waals surface area contributed by atoms with Crippen LogP contribution in [0.2, 0.25) is 10.0 Å². The van der Waals surface area contributed by atoms with E-state index in [2.05, 4.69) is 104 Å². The van der Waals surface area contributed by atoms with E-state index >= 15 is 0 Å². The monoisotopic (exact) mass is 766 g/mol. The molecular weight excluding hydrogens is 711 g/mol. The number of hydrogen-bond donors (Lipinski definition) is 0. The van der Waals surface area contributed by atoms with E-state index in [0.717, 1.165) is 70.2 Å². The number of benzene rings is 2. The third-order valence-electron chi connectivity index (χ3n) is 11.6. The number of carbonyl (C=O) groups is 2. The van der Waals surface area contributed by atoms with Crippen LogP contribution < -0.4 is 0 Å². The number of halogens is 2. The van der Waals surface area contributed by atoms with Crippen LogP contribution in [-0.2, 0) is 9.59 Å². The largest absolute Gasteiger partial charge is 0.289 e. The molecule has 0 spiro atoms. The average Bonchev–Trinajstić information content (AvgIpc) is 3.13. The van der Waals surface area contributed by atoms with E-state index in [4.69, 9.17) is 23.2 Å². The standard InChI is InChI=1S/C46H56Cl2N4O2/c1-13-43(5,6)33-21-29(22-34(41(33)53)44(7,8)14-2)27-49-51-39-19-17-31(25-37(39)47)32-18-20-40(38(48)26-32)52-50-28-30-23-35(45(9,10)15-3)42(54)36(24-30)46(11,12)16-4/h17-28H,13-16H2,1-12H3. The molecule has 0 N–H and O–H groups in total. The second-order valence-corrected chi connectivity index (χ2v) is 17.7. The zero-order valence-electron chi connectivity index (χ0n) is 34.1. The van der Waals surface area contributed by atoms with Gasteiger partial charge in [0.15, 0.2) is 11.6 Å². The van der Waals surface area contributed by atoms with Crippen molar-refractivity contribution in [3.05, 3.63) is 117 Å². The van der Waals surface area contributed by atoms with Crippen LogP contribution in [0.15, 0.2) is 127 Å². The summed E-state index contributed by atoms with van der Waals surface area (Å²) < 4.78 is 0. The van der Waals surface area contributed by atoms with Crippen molar-refractivity contribution in [2.75, 3.05) is 0 Å². The van der Waals surface area contributed by atoms with E-state index < -0.39 is 0 Å². The van der Waals surface area contributed by atoms with E-state index in [1.807, 2.05) is 60.7 Å². The molecule has 2 aromatic rings. The Morgan fingerprint density at radius 2 is 0.778 bits per heavy atom. The van der Waals surface area contributed by atoms with Gasteiger partial charge in [0.05, 0.1) is 22.4 Å². The molecule has 0 atom stereocenters. The molecule has 54 heavy (non-hydrogen) atoms. The van der Waals surface area contributed by atoms with Gasteiger partial charge in [0.1, 0.15) is 11.4 Å². The van der Waals surface area contributed by atoms with Crippen molar-refractivity contribution >= 4 is 46.1 Å². The van der Waals surface area contributed by atoms with Gasteiger partial charge in [-0.2, -0.15) is 10.2 Å². The summed E-state index contributed by atoms with van der Waals surface area (Å²) in [6.45, 7) is 25.2. The number of carbonyl (C=O) groups excluding carboxylic acids is 2. The summed E-state index contributed by atoms with van der Waals surface area (Å²) in [6.07, 6.45) is 14.5. The molecule has 4 rings (SSSR count). The fourth-order valence-corrected chi connectivity index (χ4v) is 6.51. The number of rotatable bonds is 13. The minimum Gasteiger partial charge on any atom is -0.289 e. The topological polar surface area (TPSA) is 83.6 Å². The predicted octanol–water partition coefficient (Wildman–Crippen LogP) is 15.2. The number of ketones is 2. The Labute approximate surface area is 333 Å². The van der Waals surface area contributed by atoms with Crippen LogP contribution in [0, 0.1) is 21.7 Å². The molecule has 0 amide bonds. The number of azo groups is 2. The van der Waals surface area contributed by atoms with Crippen molar-refractivity contribution in [2.45, 2.75) is 109 Å². The Morgan fingerprint density at radius 3 is 1.02 bits per heavy atom. The highest BCUT2D eigenvalue weighted by Gasteiger charge is 2.38. The molecule has 0 radical (unpaired) electrons. The third kappa shape index (κ3) is 9.44. The highest BCUT2D eigenvalue weighted by atomic mass is 35.5. The fourth-order valence-electron chi connectivity index (χ4n) is 6.07. The van der Waals surface area contributed by atoms with Crippen molar-refractivity contribution < 1.29 is 9.59 Å². The first kappa shape index (κ1) is 42.7. The third-order valence-corrected chi connectivity index (χ3v) is 12.3. The summed E-state index contributed by atoms with van der Waals surface area (Å²) in [6, 6.07) is 11.1. The summed E-state index contributed by atoms with van der Waals surface area (Å²) in [5, 5.41) is 18.5. The molecule has 2 aliphatic rings. The van der Waals surface area contributed by atoms with Crippen molar-refractivity contribution in [3.8, 4) is 11.1 Å². The van der Waals surface area contributed by atoms with Gasteiger partial charge in [0.2, 0.25) is 0 Å². The van der Waals surface area contributed by atoms with Crippen molar-refractivity contribution in [1.29, 1.82) is 0 Å². The van der Waals surface area contributed by atoms with Crippen LogP contribution in [0.3, 0.4) is 0 Å². The maximum Gasteiger partial charge on any atom is 0.186 e. The van der Waals surface area contributed by atoms with Gasteiger partial charge in [0.25, 0.3) is 0 Å². The van der Waals surface area contributed by atoms with Crippen LogP contribution in [0.5, 0.6) is 0 Å². The molecule has 0 fully saturated rings. The molecule has 6 nitrogen and oxygen atoms in total. The van der Waals surface area contributed by atoms with E-state index in [0.29, 0.717) is 21.4 Å². The molecule has 0 saturated carbocycles. The van der Waals surface area contributed by atoms with Gasteiger partial charge in [-0.15, -0.1) is 10.2 Å². The molecule has 0 saturated heterocycles. The lowest BCUT2D eigenvalue weighted by atomic mass is 9.69. The van der Waals surface area contributed by atoms with Gasteiger partial charge in [-0.1, -0.05) is 118 Å². The minimum atomic E-state index is -0.268. The van der Waals surface area contributed by atoms with E-state index in [1.54, 1.807) is 12.4 Å². The Hall–Kier alpha value is -4.00. The molecule has 0 heterocycles. The molecule has 0 aliphatic heterocycles. The Morgan fingerprint density at radius 1 is 0.500 bits per heavy atom. The lowest BCUT2D eigenvalue weighted by Crippen LogP contribution is -2.30. The lowest BCUT2D eigenvalue weighted by Gasteiger charge is -2.34. The van der Waals surface area contributed by atoms with Crippen LogP contribution in [0.4, 0.5) is 11.4 Å². The summed E-state index contributed by atoms with van der Waals surface area (Å²) in [5.74, 6) is 0.219. The normalized spacial score (nSPS) is 16.2. The molecule has 0 aromatic heterocycles. The molecular formula is C46H56Cl2N4O2. The van der Waals surface area contributed by atoms with Crippen LogP contribution in [0.1, 0.15) is 109 Å². The summed E-state index contributed by atoms with van der Waals surface area (Å²) >= 11 is 13.4. The van der Waals surface area contributed by atoms with Crippen LogP contribution in [0.25, 0.3) is 11.1 Å².